The Kier molecular flexibility index (Phi) is 6.67. The Morgan fingerprint density at radius 1 is 1.28 bits per heavy atom. The number of nitrogens with zero attached hydrogens (tertiary/aromatic N) is 2. The van der Waals surface area contributed by atoms with Gasteiger partial charge in [0.2, 0.25) is 5.91 Å². The van der Waals surface area contributed by atoms with Crippen molar-refractivity contribution in [1.82, 2.24) is 5.43 Å². The minimum absolute atomic E-state index is 0.0110. The SMILES string of the molecule is C[C@]12CCCC[C@H]1[C@@H]2C(=O)N/N=C\c1cc(Br)c(OCc2ccc([N+](=O)[O-])cc2)c(Br)c1. The summed E-state index contributed by atoms with van der Waals surface area (Å²) in [5, 5.41) is 14.9. The van der Waals surface area contributed by atoms with Crippen LogP contribution in [0.1, 0.15) is 43.7 Å². The number of non-ortho nitro benzene ring substituents is 1. The molecule has 1 amide bonds. The maximum atomic E-state index is 12.5. The maximum absolute atomic E-state index is 12.5. The molecule has 2 fully saturated rings. The second-order valence-corrected chi connectivity index (χ2v) is 10.3. The van der Waals surface area contributed by atoms with Crippen LogP contribution in [-0.4, -0.2) is 17.0 Å². The second-order valence-electron chi connectivity index (χ2n) is 8.60. The molecule has 0 radical (unpaired) electrons. The smallest absolute Gasteiger partial charge is 0.269 e. The number of amides is 1. The molecule has 7 nitrogen and oxygen atoms in total. The molecule has 2 aliphatic carbocycles. The third-order valence-corrected chi connectivity index (χ3v) is 7.73. The third-order valence-electron chi connectivity index (χ3n) is 6.55. The normalized spacial score (nSPS) is 24.1. The lowest BCUT2D eigenvalue weighted by atomic mass is 9.90. The number of rotatable bonds is 7. The fourth-order valence-electron chi connectivity index (χ4n) is 4.75. The summed E-state index contributed by atoms with van der Waals surface area (Å²) < 4.78 is 7.33. The van der Waals surface area contributed by atoms with E-state index in [4.69, 9.17) is 4.74 Å². The van der Waals surface area contributed by atoms with Crippen LogP contribution < -0.4 is 10.2 Å². The minimum atomic E-state index is -0.432. The van der Waals surface area contributed by atoms with Crippen LogP contribution in [0, 0.1) is 27.4 Å². The molecular weight excluding hydrogens is 542 g/mol. The predicted molar refractivity (Wildman–Crippen MR) is 129 cm³/mol. The van der Waals surface area contributed by atoms with Gasteiger partial charge in [0, 0.05) is 18.1 Å². The standard InChI is InChI=1S/C23H23Br2N3O4/c1-23-9-3-2-4-17(23)20(23)22(29)27-26-12-15-10-18(24)21(19(25)11-15)32-13-14-5-7-16(8-6-14)28(30)31/h5-8,10-12,17,20H,2-4,9,13H2,1H3,(H,27,29)/b26-12-/t17-,20+,23-/m0/s1. The summed E-state index contributed by atoms with van der Waals surface area (Å²) in [7, 11) is 0. The number of ether oxygens (including phenoxy) is 1. The highest BCUT2D eigenvalue weighted by Crippen LogP contribution is 2.66. The molecule has 2 aliphatic rings. The van der Waals surface area contributed by atoms with E-state index in [1.165, 1.54) is 25.0 Å². The molecule has 0 heterocycles. The molecule has 0 unspecified atom stereocenters. The molecule has 0 saturated heterocycles. The monoisotopic (exact) mass is 563 g/mol. The number of hydrogen-bond donors (Lipinski definition) is 1. The number of fused-ring (bicyclic) bond motifs is 1. The van der Waals surface area contributed by atoms with Gasteiger partial charge in [-0.2, -0.15) is 5.10 Å². The Morgan fingerprint density at radius 3 is 2.56 bits per heavy atom. The molecule has 0 spiro atoms. The summed E-state index contributed by atoms with van der Waals surface area (Å²) in [6, 6.07) is 9.94. The van der Waals surface area contributed by atoms with Crippen molar-refractivity contribution in [3.05, 3.63) is 66.6 Å². The molecule has 4 rings (SSSR count). The van der Waals surface area contributed by atoms with Crippen molar-refractivity contribution in [3.8, 4) is 5.75 Å². The Labute approximate surface area is 203 Å². The number of nitro groups is 1. The molecule has 1 N–H and O–H groups in total. The number of hydrazone groups is 1. The van der Waals surface area contributed by atoms with Crippen LogP contribution in [0.25, 0.3) is 0 Å². The quantitative estimate of drug-likeness (QED) is 0.254. The summed E-state index contributed by atoms with van der Waals surface area (Å²) >= 11 is 7.02. The lowest BCUT2D eigenvalue weighted by Gasteiger charge is -2.15. The number of carbonyl (C=O) groups excluding carboxylic acids is 1. The third kappa shape index (κ3) is 4.73. The average Bonchev–Trinajstić information content (AvgIpc) is 3.39. The largest absolute Gasteiger partial charge is 0.487 e. The van der Waals surface area contributed by atoms with Crippen LogP contribution in [0.4, 0.5) is 5.69 Å². The summed E-state index contributed by atoms with van der Waals surface area (Å²) in [5.74, 6) is 1.20. The van der Waals surface area contributed by atoms with Crippen LogP contribution >= 0.6 is 31.9 Å². The van der Waals surface area contributed by atoms with Crippen molar-refractivity contribution in [2.45, 2.75) is 39.2 Å². The van der Waals surface area contributed by atoms with E-state index in [2.05, 4.69) is 49.3 Å². The van der Waals surface area contributed by atoms with E-state index < -0.39 is 4.92 Å². The number of carbonyl (C=O) groups is 1. The number of halogens is 2. The Morgan fingerprint density at radius 2 is 1.97 bits per heavy atom. The number of benzene rings is 2. The van der Waals surface area contributed by atoms with Gasteiger partial charge in [-0.05, 0) is 91.4 Å². The highest BCUT2D eigenvalue weighted by molar-refractivity contribution is 9.11. The van der Waals surface area contributed by atoms with Gasteiger partial charge in [-0.3, -0.25) is 14.9 Å². The molecule has 0 aliphatic heterocycles. The summed E-state index contributed by atoms with van der Waals surface area (Å²) in [6.45, 7) is 2.48. The first-order chi connectivity index (χ1) is 15.3. The van der Waals surface area contributed by atoms with Gasteiger partial charge in [-0.25, -0.2) is 5.43 Å². The van der Waals surface area contributed by atoms with Gasteiger partial charge in [0.1, 0.15) is 12.4 Å². The summed E-state index contributed by atoms with van der Waals surface area (Å²) in [4.78, 5) is 22.9. The molecule has 2 aromatic carbocycles. The molecule has 0 aromatic heterocycles. The number of hydrogen-bond acceptors (Lipinski definition) is 5. The van der Waals surface area contributed by atoms with Crippen LogP contribution in [-0.2, 0) is 11.4 Å². The van der Waals surface area contributed by atoms with E-state index in [9.17, 15) is 14.9 Å². The zero-order valence-electron chi connectivity index (χ0n) is 17.5. The van der Waals surface area contributed by atoms with Gasteiger partial charge >= 0.3 is 0 Å². The fraction of sp³-hybridized carbons (Fsp3) is 0.391. The van der Waals surface area contributed by atoms with Gasteiger partial charge < -0.3 is 4.74 Å². The predicted octanol–water partition coefficient (Wildman–Crippen LogP) is 5.98. The van der Waals surface area contributed by atoms with E-state index in [0.29, 0.717) is 11.7 Å². The first-order valence-electron chi connectivity index (χ1n) is 10.5. The van der Waals surface area contributed by atoms with Crippen LogP contribution in [0.2, 0.25) is 0 Å². The van der Waals surface area contributed by atoms with Crippen molar-refractivity contribution in [3.63, 3.8) is 0 Å². The van der Waals surface area contributed by atoms with E-state index in [1.807, 2.05) is 12.1 Å². The number of nitrogens with one attached hydrogen (secondary N) is 1. The zero-order valence-corrected chi connectivity index (χ0v) is 20.7. The molecule has 2 saturated carbocycles. The van der Waals surface area contributed by atoms with Crippen LogP contribution in [0.5, 0.6) is 5.75 Å². The summed E-state index contributed by atoms with van der Waals surface area (Å²) in [5.41, 5.74) is 4.52. The van der Waals surface area contributed by atoms with E-state index >= 15 is 0 Å². The van der Waals surface area contributed by atoms with Crippen molar-refractivity contribution in [2.24, 2.45) is 22.4 Å². The molecule has 9 heteroatoms. The maximum Gasteiger partial charge on any atom is 0.269 e. The Balaban J connectivity index is 1.35. The second kappa shape index (κ2) is 9.31. The summed E-state index contributed by atoms with van der Waals surface area (Å²) in [6.07, 6.45) is 6.30. The number of nitro benzene ring substituents is 1. The lowest BCUT2D eigenvalue weighted by Crippen LogP contribution is -2.22. The highest BCUT2D eigenvalue weighted by Gasteiger charge is 2.64. The molecule has 3 atom stereocenters. The fourth-order valence-corrected chi connectivity index (χ4v) is 6.20. The van der Waals surface area contributed by atoms with Crippen LogP contribution in [0.3, 0.4) is 0 Å². The lowest BCUT2D eigenvalue weighted by molar-refractivity contribution is -0.384. The first-order valence-corrected chi connectivity index (χ1v) is 12.1. The molecule has 2 aromatic rings. The topological polar surface area (TPSA) is 93.8 Å². The average molecular weight is 565 g/mol. The van der Waals surface area contributed by atoms with Crippen molar-refractivity contribution in [1.29, 1.82) is 0 Å². The van der Waals surface area contributed by atoms with E-state index in [1.54, 1.807) is 18.3 Å². The highest BCUT2D eigenvalue weighted by atomic mass is 79.9. The first kappa shape index (κ1) is 22.9. The molecule has 0 bridgehead atoms. The van der Waals surface area contributed by atoms with Crippen molar-refractivity contribution in [2.75, 3.05) is 0 Å². The zero-order chi connectivity index (χ0) is 22.9. The Hall–Kier alpha value is -2.26. The Bertz CT molecular complexity index is 1050. The van der Waals surface area contributed by atoms with E-state index in [-0.39, 0.29) is 29.5 Å². The van der Waals surface area contributed by atoms with Gasteiger partial charge in [0.25, 0.3) is 5.69 Å². The molecular formula is C23H23Br2N3O4. The van der Waals surface area contributed by atoms with Crippen molar-refractivity contribution >= 4 is 49.7 Å². The van der Waals surface area contributed by atoms with Gasteiger partial charge in [0.15, 0.2) is 0 Å². The van der Waals surface area contributed by atoms with Gasteiger partial charge in [-0.15, -0.1) is 0 Å². The van der Waals surface area contributed by atoms with Gasteiger partial charge in [0.05, 0.1) is 20.1 Å². The van der Waals surface area contributed by atoms with Crippen LogP contribution in [0.15, 0.2) is 50.4 Å². The minimum Gasteiger partial charge on any atom is -0.487 e. The molecule has 32 heavy (non-hydrogen) atoms. The van der Waals surface area contributed by atoms with E-state index in [0.717, 1.165) is 32.9 Å². The molecule has 168 valence electrons. The van der Waals surface area contributed by atoms with Gasteiger partial charge in [-0.1, -0.05) is 19.8 Å². The van der Waals surface area contributed by atoms with Crippen molar-refractivity contribution < 1.29 is 14.5 Å².